The maximum Gasteiger partial charge on any atom is 0.233 e. The van der Waals surface area contributed by atoms with Crippen molar-refractivity contribution in [1.29, 1.82) is 0 Å². The summed E-state index contributed by atoms with van der Waals surface area (Å²) < 4.78 is 0.562. The minimum atomic E-state index is 0.227. The normalized spacial score (nSPS) is 39.4. The first-order valence-electron chi connectivity index (χ1n) is 9.81. The largest absolute Gasteiger partial charge is 0.325 e. The molecule has 1 aromatic carbocycles. The average Bonchev–Trinajstić information content (AvgIpc) is 2.95. The van der Waals surface area contributed by atoms with Crippen molar-refractivity contribution < 1.29 is 4.79 Å². The van der Waals surface area contributed by atoms with Crippen molar-refractivity contribution >= 4 is 29.4 Å². The number of amides is 1. The van der Waals surface area contributed by atoms with E-state index in [4.69, 9.17) is 0 Å². The summed E-state index contributed by atoms with van der Waals surface area (Å²) >= 11 is 4.01. The topological polar surface area (TPSA) is 20.3 Å². The van der Waals surface area contributed by atoms with Gasteiger partial charge in [0.25, 0.3) is 0 Å². The molecule has 1 amide bonds. The van der Waals surface area contributed by atoms with Gasteiger partial charge in [-0.15, -0.1) is 11.8 Å². The number of hydrogen-bond acceptors (Lipinski definition) is 3. The van der Waals surface area contributed by atoms with Gasteiger partial charge in [-0.25, -0.2) is 0 Å². The van der Waals surface area contributed by atoms with Crippen LogP contribution in [0.2, 0.25) is 0 Å². The van der Waals surface area contributed by atoms with Crippen LogP contribution in [-0.2, 0) is 4.79 Å². The van der Waals surface area contributed by atoms with Crippen molar-refractivity contribution in [3.8, 4) is 0 Å². The molecule has 5 aliphatic rings. The highest BCUT2D eigenvalue weighted by Gasteiger charge is 2.51. The molecule has 1 aliphatic heterocycles. The lowest BCUT2D eigenvalue weighted by molar-refractivity contribution is -0.127. The van der Waals surface area contributed by atoms with Crippen LogP contribution in [0, 0.1) is 17.8 Å². The molecular formula is C21H27NOS2. The molecule has 4 saturated carbocycles. The molecule has 4 aliphatic carbocycles. The molecule has 0 N–H and O–H groups in total. The molecule has 2 nitrogen and oxygen atoms in total. The Morgan fingerprint density at radius 2 is 1.68 bits per heavy atom. The molecule has 25 heavy (non-hydrogen) atoms. The van der Waals surface area contributed by atoms with E-state index < -0.39 is 0 Å². The van der Waals surface area contributed by atoms with Gasteiger partial charge >= 0.3 is 0 Å². The summed E-state index contributed by atoms with van der Waals surface area (Å²) in [5.41, 5.74) is 1.28. The molecule has 0 unspecified atom stereocenters. The van der Waals surface area contributed by atoms with Gasteiger partial charge in [0, 0.05) is 17.0 Å². The zero-order valence-electron chi connectivity index (χ0n) is 14.7. The zero-order valence-corrected chi connectivity index (χ0v) is 16.4. The van der Waals surface area contributed by atoms with Crippen LogP contribution in [0.3, 0.4) is 0 Å². The Bertz CT molecular complexity index is 611. The van der Waals surface area contributed by atoms with E-state index in [-0.39, 0.29) is 5.37 Å². The van der Waals surface area contributed by atoms with Crippen LogP contribution in [0.1, 0.15) is 49.5 Å². The average molecular weight is 374 g/mol. The lowest BCUT2D eigenvalue weighted by Gasteiger charge is -2.56. The third kappa shape index (κ3) is 3.14. The van der Waals surface area contributed by atoms with Gasteiger partial charge in [-0.3, -0.25) is 4.79 Å². The monoisotopic (exact) mass is 373 g/mol. The number of carbonyl (C=O) groups is 1. The molecule has 1 saturated heterocycles. The summed E-state index contributed by atoms with van der Waals surface area (Å²) in [5, 5.41) is 0.227. The van der Waals surface area contributed by atoms with E-state index in [0.29, 0.717) is 16.4 Å². The summed E-state index contributed by atoms with van der Waals surface area (Å²) in [6.45, 7) is 0.914. The highest BCUT2D eigenvalue weighted by molar-refractivity contribution is 8.01. The third-order valence-electron chi connectivity index (χ3n) is 6.78. The van der Waals surface area contributed by atoms with Gasteiger partial charge < -0.3 is 4.90 Å². The molecule has 0 spiro atoms. The van der Waals surface area contributed by atoms with E-state index in [0.717, 1.165) is 30.1 Å². The van der Waals surface area contributed by atoms with Crippen LogP contribution in [-0.4, -0.2) is 33.6 Å². The van der Waals surface area contributed by atoms with E-state index in [1.54, 1.807) is 11.8 Å². The van der Waals surface area contributed by atoms with E-state index in [9.17, 15) is 4.79 Å². The molecule has 1 atom stereocenters. The molecule has 1 heterocycles. The molecule has 4 bridgehead atoms. The van der Waals surface area contributed by atoms with Gasteiger partial charge in [-0.2, -0.15) is 11.8 Å². The second-order valence-electron chi connectivity index (χ2n) is 8.61. The maximum absolute atomic E-state index is 12.4. The van der Waals surface area contributed by atoms with Crippen LogP contribution in [0.4, 0.5) is 0 Å². The first kappa shape index (κ1) is 16.6. The fraction of sp³-hybridized carbons (Fsp3) is 0.667. The van der Waals surface area contributed by atoms with Gasteiger partial charge in [0.05, 0.1) is 5.75 Å². The van der Waals surface area contributed by atoms with Crippen molar-refractivity contribution in [2.24, 2.45) is 17.8 Å². The predicted octanol–water partition coefficient (Wildman–Crippen LogP) is 4.96. The first-order chi connectivity index (χ1) is 12.2. The Hall–Kier alpha value is -0.610. The smallest absolute Gasteiger partial charge is 0.233 e. The summed E-state index contributed by atoms with van der Waals surface area (Å²) in [4.78, 5) is 14.5. The van der Waals surface area contributed by atoms with Gasteiger partial charge in [0.15, 0.2) is 0 Å². The molecule has 5 fully saturated rings. The second-order valence-corrected chi connectivity index (χ2v) is 11.2. The molecule has 1 aromatic rings. The summed E-state index contributed by atoms with van der Waals surface area (Å²) in [7, 11) is 0. The number of nitrogens with zero attached hydrogens (tertiary/aromatic N) is 1. The number of benzene rings is 1. The quantitative estimate of drug-likeness (QED) is 0.727. The minimum Gasteiger partial charge on any atom is -0.325 e. The highest BCUT2D eigenvalue weighted by Crippen LogP contribution is 2.60. The molecule has 0 radical (unpaired) electrons. The predicted molar refractivity (Wildman–Crippen MR) is 107 cm³/mol. The van der Waals surface area contributed by atoms with Crippen LogP contribution in [0.25, 0.3) is 0 Å². The Morgan fingerprint density at radius 1 is 1.04 bits per heavy atom. The van der Waals surface area contributed by atoms with Gasteiger partial charge in [-0.1, -0.05) is 30.3 Å². The van der Waals surface area contributed by atoms with Crippen molar-refractivity contribution in [2.75, 3.05) is 18.1 Å². The molecule has 134 valence electrons. The number of rotatable bonds is 5. The summed E-state index contributed by atoms with van der Waals surface area (Å²) in [5.74, 6) is 5.12. The standard InChI is InChI=1S/C21H27NOS2/c23-19-14-24-20(18-4-2-1-3-5-18)22(19)6-7-25-21-11-15-8-16(12-21)10-17(9-15)13-21/h1-5,15-17,20H,6-14H2/t15?,16?,17?,20-,21?/m0/s1. The number of thioether (sulfide) groups is 2. The van der Waals surface area contributed by atoms with Crippen LogP contribution in [0.5, 0.6) is 0 Å². The lowest BCUT2D eigenvalue weighted by atomic mass is 9.56. The second kappa shape index (κ2) is 6.53. The maximum atomic E-state index is 12.4. The summed E-state index contributed by atoms with van der Waals surface area (Å²) in [6, 6.07) is 10.5. The van der Waals surface area contributed by atoms with Crippen LogP contribution >= 0.6 is 23.5 Å². The lowest BCUT2D eigenvalue weighted by Crippen LogP contribution is -2.49. The van der Waals surface area contributed by atoms with E-state index in [1.807, 2.05) is 0 Å². The Kier molecular flexibility index (Phi) is 4.32. The molecule has 0 aromatic heterocycles. The van der Waals surface area contributed by atoms with Crippen molar-refractivity contribution in [3.63, 3.8) is 0 Å². The third-order valence-corrected chi connectivity index (χ3v) is 9.53. The molecular weight excluding hydrogens is 346 g/mol. The van der Waals surface area contributed by atoms with Crippen molar-refractivity contribution in [1.82, 2.24) is 4.90 Å². The van der Waals surface area contributed by atoms with E-state index in [2.05, 4.69) is 47.0 Å². The van der Waals surface area contributed by atoms with Gasteiger partial charge in [0.2, 0.25) is 5.91 Å². The fourth-order valence-electron chi connectivity index (χ4n) is 6.16. The fourth-order valence-corrected chi connectivity index (χ4v) is 9.16. The van der Waals surface area contributed by atoms with E-state index in [1.165, 1.54) is 44.1 Å². The highest BCUT2D eigenvalue weighted by atomic mass is 32.2. The first-order valence-corrected chi connectivity index (χ1v) is 11.8. The Balaban J connectivity index is 1.23. The van der Waals surface area contributed by atoms with Gasteiger partial charge in [0.1, 0.15) is 5.37 Å². The molecule has 6 rings (SSSR count). The minimum absolute atomic E-state index is 0.227. The molecule has 4 heteroatoms. The van der Waals surface area contributed by atoms with Crippen LogP contribution in [0.15, 0.2) is 30.3 Å². The van der Waals surface area contributed by atoms with Gasteiger partial charge in [-0.05, 0) is 61.8 Å². The Labute approximate surface area is 159 Å². The Morgan fingerprint density at radius 3 is 2.32 bits per heavy atom. The van der Waals surface area contributed by atoms with Crippen molar-refractivity contribution in [3.05, 3.63) is 35.9 Å². The SMILES string of the molecule is O=C1CS[C@@H](c2ccccc2)N1CCSC12CC3CC(CC(C3)C1)C2. The van der Waals surface area contributed by atoms with Crippen LogP contribution < -0.4 is 0 Å². The number of carbonyl (C=O) groups excluding carboxylic acids is 1. The number of hydrogen-bond donors (Lipinski definition) is 0. The summed E-state index contributed by atoms with van der Waals surface area (Å²) in [6.07, 6.45) is 8.89. The van der Waals surface area contributed by atoms with Crippen molar-refractivity contribution in [2.45, 2.75) is 48.6 Å². The zero-order chi connectivity index (χ0) is 16.9. The van der Waals surface area contributed by atoms with E-state index >= 15 is 0 Å².